The predicted octanol–water partition coefficient (Wildman–Crippen LogP) is 2.30. The molecule has 3 N–H and O–H groups in total. The van der Waals surface area contributed by atoms with Gasteiger partial charge in [0.2, 0.25) is 0 Å². The molecule has 0 aliphatic rings. The first-order valence-corrected chi connectivity index (χ1v) is 7.36. The number of benzene rings is 1. The van der Waals surface area contributed by atoms with Gasteiger partial charge in [0, 0.05) is 6.54 Å². The highest BCUT2D eigenvalue weighted by atomic mass is 19.1. The third kappa shape index (κ3) is 6.30. The Hall–Kier alpha value is -1.82. The Bertz CT molecular complexity index is 475. The van der Waals surface area contributed by atoms with Crippen molar-refractivity contribution in [2.75, 3.05) is 13.2 Å². The van der Waals surface area contributed by atoms with Crippen LogP contribution < -0.4 is 15.4 Å². The molecule has 0 saturated carbocycles. The summed E-state index contributed by atoms with van der Waals surface area (Å²) < 4.78 is 18.2. The van der Waals surface area contributed by atoms with Crippen LogP contribution in [0.1, 0.15) is 27.7 Å². The molecule has 0 spiro atoms. The third-order valence-corrected chi connectivity index (χ3v) is 3.54. The lowest BCUT2D eigenvalue weighted by Gasteiger charge is -2.28. The highest BCUT2D eigenvalue weighted by Crippen LogP contribution is 2.14. The van der Waals surface area contributed by atoms with E-state index in [1.165, 1.54) is 24.3 Å². The van der Waals surface area contributed by atoms with Gasteiger partial charge in [-0.05, 0) is 44.0 Å². The first kappa shape index (κ1) is 18.2. The maximum Gasteiger partial charge on any atom is 0.315 e. The molecule has 6 heteroatoms. The molecule has 2 atom stereocenters. The van der Waals surface area contributed by atoms with E-state index in [0.29, 0.717) is 5.75 Å². The lowest BCUT2D eigenvalue weighted by molar-refractivity contribution is 0.0165. The summed E-state index contributed by atoms with van der Waals surface area (Å²) in [6.45, 7) is 7.68. The Morgan fingerprint density at radius 2 is 1.91 bits per heavy atom. The molecule has 22 heavy (non-hydrogen) atoms. The summed E-state index contributed by atoms with van der Waals surface area (Å²) in [5.41, 5.74) is -0.953. The van der Waals surface area contributed by atoms with E-state index in [1.807, 2.05) is 13.8 Å². The number of amides is 2. The van der Waals surface area contributed by atoms with Gasteiger partial charge in [-0.25, -0.2) is 9.18 Å². The van der Waals surface area contributed by atoms with Crippen LogP contribution in [0.15, 0.2) is 24.3 Å². The van der Waals surface area contributed by atoms with Crippen LogP contribution in [0.5, 0.6) is 5.75 Å². The molecule has 0 fully saturated rings. The Labute approximate surface area is 130 Å². The molecule has 0 radical (unpaired) electrons. The fourth-order valence-corrected chi connectivity index (χ4v) is 1.53. The number of nitrogens with one attached hydrogen (secondary N) is 2. The minimum absolute atomic E-state index is 0.0343. The van der Waals surface area contributed by atoms with Crippen LogP contribution >= 0.6 is 0 Å². The summed E-state index contributed by atoms with van der Waals surface area (Å²) >= 11 is 0. The maximum atomic E-state index is 12.8. The number of rotatable bonds is 7. The Kier molecular flexibility index (Phi) is 6.61. The second-order valence-corrected chi connectivity index (χ2v) is 6.00. The quantitative estimate of drug-likeness (QED) is 0.723. The predicted molar refractivity (Wildman–Crippen MR) is 83.4 cm³/mol. The molecule has 0 aliphatic carbocycles. The van der Waals surface area contributed by atoms with E-state index in [1.54, 1.807) is 13.8 Å². The molecule has 124 valence electrons. The van der Waals surface area contributed by atoms with Crippen LogP contribution in [0.25, 0.3) is 0 Å². The van der Waals surface area contributed by atoms with Crippen molar-refractivity contribution in [3.05, 3.63) is 30.1 Å². The topological polar surface area (TPSA) is 70.6 Å². The van der Waals surface area contributed by atoms with E-state index in [0.717, 1.165) is 0 Å². The van der Waals surface area contributed by atoms with Crippen LogP contribution in [0, 0.1) is 11.7 Å². The molecule has 1 aromatic carbocycles. The number of ether oxygens (including phenoxy) is 1. The van der Waals surface area contributed by atoms with E-state index in [-0.39, 0.29) is 37.0 Å². The normalized spacial score (nSPS) is 15.0. The number of hydrogen-bond donors (Lipinski definition) is 3. The molecule has 2 unspecified atom stereocenters. The molecule has 1 rings (SSSR count). The van der Waals surface area contributed by atoms with Gasteiger partial charge in [-0.2, -0.15) is 0 Å². The van der Waals surface area contributed by atoms with Crippen molar-refractivity contribution in [3.8, 4) is 5.75 Å². The molecule has 0 heterocycles. The molecule has 0 aliphatic heterocycles. The Balaban J connectivity index is 2.31. The molecule has 0 bridgehead atoms. The van der Waals surface area contributed by atoms with Crippen LogP contribution in [0.4, 0.5) is 9.18 Å². The number of carbonyl (C=O) groups is 1. The Morgan fingerprint density at radius 3 is 2.45 bits per heavy atom. The minimum atomic E-state index is -0.953. The van der Waals surface area contributed by atoms with Gasteiger partial charge in [0.15, 0.2) is 0 Å². The van der Waals surface area contributed by atoms with Gasteiger partial charge < -0.3 is 20.5 Å². The second-order valence-electron chi connectivity index (χ2n) is 6.00. The number of hydrogen-bond acceptors (Lipinski definition) is 3. The first-order valence-electron chi connectivity index (χ1n) is 7.36. The van der Waals surface area contributed by atoms with Gasteiger partial charge in [-0.1, -0.05) is 13.8 Å². The molecule has 5 nitrogen and oxygen atoms in total. The average Bonchev–Trinajstić information content (AvgIpc) is 2.44. The summed E-state index contributed by atoms with van der Waals surface area (Å²) in [6, 6.07) is 5.09. The number of carbonyl (C=O) groups excluding carboxylic acids is 1. The van der Waals surface area contributed by atoms with Gasteiger partial charge in [-0.15, -0.1) is 0 Å². The number of urea groups is 1. The van der Waals surface area contributed by atoms with E-state index >= 15 is 0 Å². The van der Waals surface area contributed by atoms with Crippen molar-refractivity contribution >= 4 is 6.03 Å². The van der Waals surface area contributed by atoms with Crippen molar-refractivity contribution in [2.45, 2.75) is 39.3 Å². The lowest BCUT2D eigenvalue weighted by atomic mass is 9.93. The van der Waals surface area contributed by atoms with E-state index in [4.69, 9.17) is 4.74 Å². The summed E-state index contributed by atoms with van der Waals surface area (Å²) in [5, 5.41) is 15.4. The smallest absolute Gasteiger partial charge is 0.315 e. The van der Waals surface area contributed by atoms with Crippen molar-refractivity contribution in [2.24, 2.45) is 5.92 Å². The summed E-state index contributed by atoms with van der Waals surface area (Å²) in [7, 11) is 0. The Morgan fingerprint density at radius 1 is 1.32 bits per heavy atom. The zero-order valence-electron chi connectivity index (χ0n) is 13.5. The fourth-order valence-electron chi connectivity index (χ4n) is 1.53. The molecule has 0 aromatic heterocycles. The van der Waals surface area contributed by atoms with Crippen LogP contribution in [-0.2, 0) is 0 Å². The first-order chi connectivity index (χ1) is 10.2. The minimum Gasteiger partial charge on any atom is -0.491 e. The van der Waals surface area contributed by atoms with E-state index in [2.05, 4.69) is 10.6 Å². The molecule has 0 saturated heterocycles. The largest absolute Gasteiger partial charge is 0.491 e. The van der Waals surface area contributed by atoms with Crippen molar-refractivity contribution in [1.29, 1.82) is 0 Å². The van der Waals surface area contributed by atoms with Crippen molar-refractivity contribution in [1.82, 2.24) is 10.6 Å². The SMILES string of the molecule is CC(COc1ccc(F)cc1)NC(=O)NCC(C)(O)C(C)C. The average molecular weight is 312 g/mol. The molecular formula is C16H25FN2O3. The van der Waals surface area contributed by atoms with Crippen molar-refractivity contribution < 1.29 is 19.0 Å². The summed E-state index contributed by atoms with van der Waals surface area (Å²) in [4.78, 5) is 11.7. The zero-order valence-corrected chi connectivity index (χ0v) is 13.5. The zero-order chi connectivity index (χ0) is 16.8. The molecular weight excluding hydrogens is 287 g/mol. The highest BCUT2D eigenvalue weighted by Gasteiger charge is 2.25. The van der Waals surface area contributed by atoms with Gasteiger partial charge in [-0.3, -0.25) is 0 Å². The van der Waals surface area contributed by atoms with Crippen molar-refractivity contribution in [3.63, 3.8) is 0 Å². The summed E-state index contributed by atoms with van der Waals surface area (Å²) in [5.74, 6) is 0.250. The van der Waals surface area contributed by atoms with Gasteiger partial charge >= 0.3 is 6.03 Å². The van der Waals surface area contributed by atoms with Gasteiger partial charge in [0.05, 0.1) is 11.6 Å². The third-order valence-electron chi connectivity index (χ3n) is 3.54. The standard InChI is InChI=1S/C16H25FN2O3/c1-11(2)16(4,21)10-18-15(20)19-12(3)9-22-14-7-5-13(17)6-8-14/h5-8,11-12,21H,9-10H2,1-4H3,(H2,18,19,20). The molecule has 1 aromatic rings. The maximum absolute atomic E-state index is 12.8. The monoisotopic (exact) mass is 312 g/mol. The van der Waals surface area contributed by atoms with Crippen LogP contribution in [0.2, 0.25) is 0 Å². The van der Waals surface area contributed by atoms with Gasteiger partial charge in [0.1, 0.15) is 18.2 Å². The number of aliphatic hydroxyl groups is 1. The fraction of sp³-hybridized carbons (Fsp3) is 0.562. The van der Waals surface area contributed by atoms with Gasteiger partial charge in [0.25, 0.3) is 0 Å². The lowest BCUT2D eigenvalue weighted by Crippen LogP contribution is -2.50. The molecule has 2 amide bonds. The highest BCUT2D eigenvalue weighted by molar-refractivity contribution is 5.74. The van der Waals surface area contributed by atoms with Crippen LogP contribution in [0.3, 0.4) is 0 Å². The summed E-state index contributed by atoms with van der Waals surface area (Å²) in [6.07, 6.45) is 0. The number of halogens is 1. The second kappa shape index (κ2) is 7.98. The van der Waals surface area contributed by atoms with E-state index < -0.39 is 5.60 Å². The van der Waals surface area contributed by atoms with Crippen LogP contribution in [-0.4, -0.2) is 35.9 Å². The van der Waals surface area contributed by atoms with E-state index in [9.17, 15) is 14.3 Å².